The molecule has 3 heteroatoms. The predicted molar refractivity (Wildman–Crippen MR) is 61.2 cm³/mol. The molecule has 0 bridgehead atoms. The first-order chi connectivity index (χ1) is 7.09. The van der Waals surface area contributed by atoms with Crippen LogP contribution in [0.1, 0.15) is 31.2 Å². The van der Waals surface area contributed by atoms with Gasteiger partial charge in [0.25, 0.3) is 0 Å². The van der Waals surface area contributed by atoms with Crippen LogP contribution in [-0.2, 0) is 6.42 Å². The molecule has 1 aromatic carbocycles. The lowest BCUT2D eigenvalue weighted by molar-refractivity contribution is 0.0481. The summed E-state index contributed by atoms with van der Waals surface area (Å²) >= 11 is 3.16. The van der Waals surface area contributed by atoms with Crippen molar-refractivity contribution in [2.75, 3.05) is 0 Å². The van der Waals surface area contributed by atoms with Crippen LogP contribution in [0.15, 0.2) is 22.7 Å². The first-order valence-electron chi connectivity index (χ1n) is 5.25. The van der Waals surface area contributed by atoms with Crippen LogP contribution in [0.5, 0.6) is 0 Å². The molecule has 0 aromatic heterocycles. The Bertz CT molecular complexity index is 359. The van der Waals surface area contributed by atoms with Crippen molar-refractivity contribution in [1.82, 2.24) is 0 Å². The second-order valence-corrected chi connectivity index (χ2v) is 5.21. The van der Waals surface area contributed by atoms with E-state index in [1.807, 2.05) is 0 Å². The van der Waals surface area contributed by atoms with Gasteiger partial charge in [-0.3, -0.25) is 0 Å². The van der Waals surface area contributed by atoms with Gasteiger partial charge in [-0.2, -0.15) is 0 Å². The molecule has 0 atom stereocenters. The molecule has 2 rings (SSSR count). The molecule has 0 amide bonds. The molecule has 0 heterocycles. The molecule has 82 valence electrons. The first-order valence-corrected chi connectivity index (χ1v) is 6.05. The first kappa shape index (κ1) is 11.1. The van der Waals surface area contributed by atoms with Crippen molar-refractivity contribution >= 4 is 15.9 Å². The monoisotopic (exact) mass is 272 g/mol. The van der Waals surface area contributed by atoms with Crippen LogP contribution in [-0.4, -0.2) is 10.7 Å². The highest BCUT2D eigenvalue weighted by molar-refractivity contribution is 9.10. The van der Waals surface area contributed by atoms with Gasteiger partial charge >= 0.3 is 0 Å². The minimum absolute atomic E-state index is 0.253. The molecule has 0 unspecified atom stereocenters. The van der Waals surface area contributed by atoms with Gasteiger partial charge in [-0.1, -0.05) is 18.9 Å². The van der Waals surface area contributed by atoms with Gasteiger partial charge in [0.1, 0.15) is 5.82 Å². The van der Waals surface area contributed by atoms with E-state index in [0.29, 0.717) is 10.9 Å². The van der Waals surface area contributed by atoms with Gasteiger partial charge in [0, 0.05) is 6.42 Å². The lowest BCUT2D eigenvalue weighted by Gasteiger charge is -2.22. The number of hydrogen-bond acceptors (Lipinski definition) is 1. The molecule has 0 aliphatic heterocycles. The van der Waals surface area contributed by atoms with Crippen LogP contribution in [0.4, 0.5) is 4.39 Å². The van der Waals surface area contributed by atoms with Gasteiger partial charge in [-0.15, -0.1) is 0 Å². The highest BCUT2D eigenvalue weighted by Gasteiger charge is 2.31. The van der Waals surface area contributed by atoms with Crippen LogP contribution in [0.25, 0.3) is 0 Å². The van der Waals surface area contributed by atoms with E-state index in [9.17, 15) is 9.50 Å². The Morgan fingerprint density at radius 3 is 2.60 bits per heavy atom. The summed E-state index contributed by atoms with van der Waals surface area (Å²) in [7, 11) is 0. The third-order valence-electron chi connectivity index (χ3n) is 3.05. The zero-order chi connectivity index (χ0) is 10.9. The molecule has 1 aliphatic rings. The highest BCUT2D eigenvalue weighted by atomic mass is 79.9. The molecule has 0 saturated heterocycles. The standard InChI is InChI=1S/C12H14BrFO/c13-10-7-9(3-4-11(10)14)8-12(15)5-1-2-6-12/h3-4,7,15H,1-2,5-6,8H2. The third-order valence-corrected chi connectivity index (χ3v) is 3.66. The average Bonchev–Trinajstić information content (AvgIpc) is 2.59. The third kappa shape index (κ3) is 2.58. The number of benzene rings is 1. The lowest BCUT2D eigenvalue weighted by Crippen LogP contribution is -2.26. The molecular formula is C12H14BrFO. The van der Waals surface area contributed by atoms with Crippen LogP contribution >= 0.6 is 15.9 Å². The maximum Gasteiger partial charge on any atom is 0.137 e. The summed E-state index contributed by atoms with van der Waals surface area (Å²) < 4.78 is 13.5. The maximum absolute atomic E-state index is 13.0. The van der Waals surface area contributed by atoms with E-state index >= 15 is 0 Å². The van der Waals surface area contributed by atoms with Gasteiger partial charge in [0.15, 0.2) is 0 Å². The Morgan fingerprint density at radius 2 is 2.00 bits per heavy atom. The highest BCUT2D eigenvalue weighted by Crippen LogP contribution is 2.33. The van der Waals surface area contributed by atoms with Crippen LogP contribution in [0.3, 0.4) is 0 Å². The fourth-order valence-electron chi connectivity index (χ4n) is 2.24. The van der Waals surface area contributed by atoms with Gasteiger partial charge < -0.3 is 5.11 Å². The van der Waals surface area contributed by atoms with E-state index in [2.05, 4.69) is 15.9 Å². The zero-order valence-electron chi connectivity index (χ0n) is 8.47. The van der Waals surface area contributed by atoms with Gasteiger partial charge in [-0.25, -0.2) is 4.39 Å². The molecule has 1 N–H and O–H groups in total. The Hall–Kier alpha value is -0.410. The van der Waals surface area contributed by atoms with Crippen molar-refractivity contribution in [3.63, 3.8) is 0 Å². The second kappa shape index (κ2) is 4.22. The summed E-state index contributed by atoms with van der Waals surface area (Å²) in [6.07, 6.45) is 4.55. The molecule has 1 saturated carbocycles. The van der Waals surface area contributed by atoms with Gasteiger partial charge in [0.05, 0.1) is 10.1 Å². The van der Waals surface area contributed by atoms with Gasteiger partial charge in [0.2, 0.25) is 0 Å². The van der Waals surface area contributed by atoms with E-state index in [1.54, 1.807) is 12.1 Å². The lowest BCUT2D eigenvalue weighted by atomic mass is 9.93. The van der Waals surface area contributed by atoms with Crippen molar-refractivity contribution in [2.24, 2.45) is 0 Å². The number of rotatable bonds is 2. The van der Waals surface area contributed by atoms with E-state index in [0.717, 1.165) is 31.2 Å². The zero-order valence-corrected chi connectivity index (χ0v) is 10.1. The maximum atomic E-state index is 13.0. The minimum atomic E-state index is -0.558. The average molecular weight is 273 g/mol. The van der Waals surface area contributed by atoms with E-state index in [1.165, 1.54) is 6.07 Å². The number of hydrogen-bond donors (Lipinski definition) is 1. The summed E-state index contributed by atoms with van der Waals surface area (Å²) in [5, 5.41) is 10.2. The number of halogens is 2. The smallest absolute Gasteiger partial charge is 0.137 e. The Morgan fingerprint density at radius 1 is 1.33 bits per heavy atom. The van der Waals surface area contributed by atoms with Crippen LogP contribution in [0.2, 0.25) is 0 Å². The van der Waals surface area contributed by atoms with E-state index in [-0.39, 0.29) is 5.82 Å². The van der Waals surface area contributed by atoms with Crippen molar-refractivity contribution < 1.29 is 9.50 Å². The van der Waals surface area contributed by atoms with Crippen molar-refractivity contribution in [1.29, 1.82) is 0 Å². The fraction of sp³-hybridized carbons (Fsp3) is 0.500. The Labute approximate surface area is 97.4 Å². The SMILES string of the molecule is OC1(Cc2ccc(F)c(Br)c2)CCCC1. The Kier molecular flexibility index (Phi) is 3.12. The second-order valence-electron chi connectivity index (χ2n) is 4.36. The molecular weight excluding hydrogens is 259 g/mol. The fourth-order valence-corrected chi connectivity index (χ4v) is 2.67. The summed E-state index contributed by atoms with van der Waals surface area (Å²) in [6, 6.07) is 4.94. The van der Waals surface area contributed by atoms with Crippen LogP contribution in [0, 0.1) is 5.82 Å². The molecule has 15 heavy (non-hydrogen) atoms. The topological polar surface area (TPSA) is 20.2 Å². The van der Waals surface area contributed by atoms with Gasteiger partial charge in [-0.05, 0) is 46.5 Å². The quantitative estimate of drug-likeness (QED) is 0.875. The minimum Gasteiger partial charge on any atom is -0.390 e. The summed E-state index contributed by atoms with van der Waals surface area (Å²) in [5.74, 6) is -0.253. The molecule has 1 nitrogen and oxygen atoms in total. The molecule has 1 aromatic rings. The summed E-state index contributed by atoms with van der Waals surface area (Å²) in [5.41, 5.74) is 0.435. The van der Waals surface area contributed by atoms with E-state index in [4.69, 9.17) is 0 Å². The van der Waals surface area contributed by atoms with Crippen LogP contribution < -0.4 is 0 Å². The van der Waals surface area contributed by atoms with Crippen molar-refractivity contribution in [2.45, 2.75) is 37.7 Å². The number of aliphatic hydroxyl groups is 1. The molecule has 1 fully saturated rings. The normalized spacial score (nSPS) is 19.4. The summed E-state index contributed by atoms with van der Waals surface area (Å²) in [6.45, 7) is 0. The summed E-state index contributed by atoms with van der Waals surface area (Å²) in [4.78, 5) is 0. The van der Waals surface area contributed by atoms with E-state index < -0.39 is 5.60 Å². The Balaban J connectivity index is 2.13. The largest absolute Gasteiger partial charge is 0.390 e. The molecule has 1 aliphatic carbocycles. The molecule has 0 radical (unpaired) electrons. The van der Waals surface area contributed by atoms with Crippen molar-refractivity contribution in [3.8, 4) is 0 Å². The molecule has 0 spiro atoms. The van der Waals surface area contributed by atoms with Crippen molar-refractivity contribution in [3.05, 3.63) is 34.1 Å². The predicted octanol–water partition coefficient (Wildman–Crippen LogP) is 3.44.